The highest BCUT2D eigenvalue weighted by Gasteiger charge is 2.32. The van der Waals surface area contributed by atoms with E-state index in [9.17, 15) is 5.11 Å². The number of hydrogen-bond donors (Lipinski definition) is 1. The number of fused-ring (bicyclic) bond motifs is 2. The van der Waals surface area contributed by atoms with E-state index in [4.69, 9.17) is 0 Å². The van der Waals surface area contributed by atoms with E-state index in [1.54, 1.807) is 11.8 Å². The summed E-state index contributed by atoms with van der Waals surface area (Å²) in [5.74, 6) is 0. The van der Waals surface area contributed by atoms with Crippen LogP contribution >= 0.6 is 23.1 Å². The first-order valence-corrected chi connectivity index (χ1v) is 8.24. The molecular formula is C15H14N2OS2. The second kappa shape index (κ2) is 4.62. The van der Waals surface area contributed by atoms with Crippen LogP contribution in [0, 0.1) is 6.92 Å². The Balaban J connectivity index is 1.86. The summed E-state index contributed by atoms with van der Waals surface area (Å²) in [6.45, 7) is 3.99. The molecule has 0 saturated heterocycles. The lowest BCUT2D eigenvalue weighted by Gasteiger charge is -2.17. The highest BCUT2D eigenvalue weighted by atomic mass is 32.2. The first-order valence-electron chi connectivity index (χ1n) is 6.60. The molecule has 0 bridgehead atoms. The number of thioether (sulfide) groups is 1. The van der Waals surface area contributed by atoms with Gasteiger partial charge in [0.15, 0.2) is 5.17 Å². The van der Waals surface area contributed by atoms with Crippen molar-refractivity contribution in [1.82, 2.24) is 4.90 Å². The van der Waals surface area contributed by atoms with Crippen molar-refractivity contribution in [2.24, 2.45) is 4.99 Å². The Kier molecular flexibility index (Phi) is 2.87. The van der Waals surface area contributed by atoms with E-state index in [0.29, 0.717) is 0 Å². The zero-order valence-electron chi connectivity index (χ0n) is 11.1. The van der Waals surface area contributed by atoms with E-state index in [2.05, 4.69) is 41.1 Å². The highest BCUT2D eigenvalue weighted by molar-refractivity contribution is 8.17. The molecule has 0 saturated carbocycles. The molecule has 2 aliphatic rings. The maximum atomic E-state index is 9.61. The van der Waals surface area contributed by atoms with Crippen LogP contribution in [0.5, 0.6) is 0 Å². The molecule has 4 rings (SSSR count). The van der Waals surface area contributed by atoms with Gasteiger partial charge in [-0.25, -0.2) is 0 Å². The molecule has 1 aromatic carbocycles. The van der Waals surface area contributed by atoms with Gasteiger partial charge in [-0.05, 0) is 24.4 Å². The molecule has 1 N–H and O–H groups in total. The SMILES string of the molecule is Cc1cc2ccc(C3=C(CO)SC4=NCCN43)cc2s1. The molecule has 2 aromatic rings. The van der Waals surface area contributed by atoms with Crippen LogP contribution in [-0.4, -0.2) is 34.9 Å². The summed E-state index contributed by atoms with van der Waals surface area (Å²) in [5.41, 5.74) is 2.32. The van der Waals surface area contributed by atoms with E-state index < -0.39 is 0 Å². The molecule has 1 aromatic heterocycles. The van der Waals surface area contributed by atoms with Gasteiger partial charge >= 0.3 is 0 Å². The van der Waals surface area contributed by atoms with Crippen LogP contribution in [0.1, 0.15) is 10.4 Å². The first kappa shape index (κ1) is 12.4. The largest absolute Gasteiger partial charge is 0.391 e. The van der Waals surface area contributed by atoms with Crippen molar-refractivity contribution in [3.8, 4) is 0 Å². The summed E-state index contributed by atoms with van der Waals surface area (Å²) in [4.78, 5) is 9.07. The number of benzene rings is 1. The molecule has 0 radical (unpaired) electrons. The number of aliphatic imine (C=N–C) groups is 1. The monoisotopic (exact) mass is 302 g/mol. The number of nitrogens with zero attached hydrogens (tertiary/aromatic N) is 2. The third-order valence-electron chi connectivity index (χ3n) is 3.61. The van der Waals surface area contributed by atoms with Crippen molar-refractivity contribution >= 4 is 44.0 Å². The standard InChI is InChI=1S/C15H14N2OS2/c1-9-6-10-2-3-11(7-12(10)19-9)14-13(8-18)20-15-16-4-5-17(14)15/h2-3,6-7,18H,4-5,8H2,1H3. The smallest absolute Gasteiger partial charge is 0.168 e. The van der Waals surface area contributed by atoms with Gasteiger partial charge in [0.05, 0.1) is 18.8 Å². The van der Waals surface area contributed by atoms with Gasteiger partial charge in [0, 0.05) is 26.6 Å². The summed E-state index contributed by atoms with van der Waals surface area (Å²) in [6, 6.07) is 8.78. The minimum absolute atomic E-state index is 0.0804. The molecule has 3 nitrogen and oxygen atoms in total. The lowest BCUT2D eigenvalue weighted by atomic mass is 10.1. The van der Waals surface area contributed by atoms with Gasteiger partial charge < -0.3 is 10.0 Å². The molecule has 20 heavy (non-hydrogen) atoms. The lowest BCUT2D eigenvalue weighted by molar-refractivity contribution is 0.339. The quantitative estimate of drug-likeness (QED) is 0.924. The Hall–Kier alpha value is -1.30. The zero-order valence-corrected chi connectivity index (χ0v) is 12.7. The minimum Gasteiger partial charge on any atom is -0.391 e. The Labute approximate surface area is 125 Å². The van der Waals surface area contributed by atoms with Crippen LogP contribution in [0.4, 0.5) is 0 Å². The molecule has 0 unspecified atom stereocenters. The van der Waals surface area contributed by atoms with Crippen molar-refractivity contribution in [2.75, 3.05) is 19.7 Å². The second-order valence-electron chi connectivity index (χ2n) is 4.96. The number of aliphatic hydroxyl groups excluding tert-OH is 1. The van der Waals surface area contributed by atoms with Gasteiger partial charge in [-0.2, -0.15) is 0 Å². The summed E-state index contributed by atoms with van der Waals surface area (Å²) >= 11 is 3.42. The van der Waals surface area contributed by atoms with E-state index in [1.807, 2.05) is 11.3 Å². The van der Waals surface area contributed by atoms with Crippen molar-refractivity contribution in [3.05, 3.63) is 39.6 Å². The maximum absolute atomic E-state index is 9.61. The molecule has 0 amide bonds. The summed E-state index contributed by atoms with van der Waals surface area (Å²) in [5, 5.41) is 11.9. The Morgan fingerprint density at radius 3 is 3.10 bits per heavy atom. The zero-order chi connectivity index (χ0) is 13.7. The van der Waals surface area contributed by atoms with Gasteiger partial charge in [-0.15, -0.1) is 11.3 Å². The molecule has 0 spiro atoms. The molecule has 2 aliphatic heterocycles. The number of thiophene rings is 1. The maximum Gasteiger partial charge on any atom is 0.168 e. The molecule has 3 heterocycles. The average Bonchev–Trinajstić information content (AvgIpc) is 3.08. The third kappa shape index (κ3) is 1.81. The van der Waals surface area contributed by atoms with Crippen LogP contribution in [-0.2, 0) is 0 Å². The summed E-state index contributed by atoms with van der Waals surface area (Å²) in [7, 11) is 0. The number of aliphatic hydroxyl groups is 1. The van der Waals surface area contributed by atoms with Gasteiger partial charge in [0.25, 0.3) is 0 Å². The van der Waals surface area contributed by atoms with Gasteiger partial charge in [0.2, 0.25) is 0 Å². The predicted molar refractivity (Wildman–Crippen MR) is 87.2 cm³/mol. The number of amidine groups is 1. The van der Waals surface area contributed by atoms with Crippen LogP contribution in [0.25, 0.3) is 15.8 Å². The summed E-state index contributed by atoms with van der Waals surface area (Å²) in [6.07, 6.45) is 0. The molecule has 102 valence electrons. The first-order chi connectivity index (χ1) is 9.76. The number of hydrogen-bond acceptors (Lipinski definition) is 5. The predicted octanol–water partition coefficient (Wildman–Crippen LogP) is 3.29. The Bertz CT molecular complexity index is 760. The van der Waals surface area contributed by atoms with Gasteiger partial charge in [-0.1, -0.05) is 23.9 Å². The van der Waals surface area contributed by atoms with E-state index in [0.717, 1.165) is 28.9 Å². The van der Waals surface area contributed by atoms with Gasteiger partial charge in [-0.3, -0.25) is 4.99 Å². The fourth-order valence-electron chi connectivity index (χ4n) is 2.77. The van der Waals surface area contributed by atoms with Crippen LogP contribution in [0.15, 0.2) is 34.2 Å². The lowest BCUT2D eigenvalue weighted by Crippen LogP contribution is -2.20. The minimum atomic E-state index is 0.0804. The van der Waals surface area contributed by atoms with Crippen molar-refractivity contribution < 1.29 is 5.11 Å². The van der Waals surface area contributed by atoms with Crippen molar-refractivity contribution in [3.63, 3.8) is 0 Å². The van der Waals surface area contributed by atoms with Crippen LogP contribution < -0.4 is 0 Å². The summed E-state index contributed by atoms with van der Waals surface area (Å²) < 4.78 is 1.30. The number of rotatable bonds is 2. The van der Waals surface area contributed by atoms with Crippen molar-refractivity contribution in [2.45, 2.75) is 6.92 Å². The molecule has 0 aliphatic carbocycles. The highest BCUT2D eigenvalue weighted by Crippen LogP contribution is 2.42. The molecular weight excluding hydrogens is 288 g/mol. The van der Waals surface area contributed by atoms with Crippen LogP contribution in [0.3, 0.4) is 0 Å². The van der Waals surface area contributed by atoms with E-state index >= 15 is 0 Å². The normalized spacial score (nSPS) is 18.1. The second-order valence-corrected chi connectivity index (χ2v) is 7.31. The molecule has 5 heteroatoms. The molecule has 0 fully saturated rings. The van der Waals surface area contributed by atoms with Crippen LogP contribution in [0.2, 0.25) is 0 Å². The van der Waals surface area contributed by atoms with Crippen molar-refractivity contribution in [1.29, 1.82) is 0 Å². The van der Waals surface area contributed by atoms with E-state index in [1.165, 1.54) is 20.5 Å². The fourth-order valence-corrected chi connectivity index (χ4v) is 4.79. The Morgan fingerprint density at radius 2 is 2.25 bits per heavy atom. The van der Waals surface area contributed by atoms with Gasteiger partial charge in [0.1, 0.15) is 0 Å². The Morgan fingerprint density at radius 1 is 1.35 bits per heavy atom. The third-order valence-corrected chi connectivity index (χ3v) is 5.72. The number of aryl methyl sites for hydroxylation is 1. The molecule has 0 atom stereocenters. The fraction of sp³-hybridized carbons (Fsp3) is 0.267. The topological polar surface area (TPSA) is 35.8 Å². The van der Waals surface area contributed by atoms with E-state index in [-0.39, 0.29) is 6.61 Å². The average molecular weight is 302 g/mol.